The zero-order chi connectivity index (χ0) is 22.7. The molecule has 9 heteroatoms. The van der Waals surface area contributed by atoms with Gasteiger partial charge in [-0.05, 0) is 29.8 Å². The number of fused-ring (bicyclic) bond motifs is 1. The molecule has 160 valence electrons. The molecule has 4 aromatic rings. The number of nitro benzene ring substituents is 1. The van der Waals surface area contributed by atoms with E-state index in [4.69, 9.17) is 4.74 Å². The first-order valence-electron chi connectivity index (χ1n) is 9.64. The van der Waals surface area contributed by atoms with Crippen LogP contribution in [0.4, 0.5) is 11.4 Å². The van der Waals surface area contributed by atoms with E-state index in [9.17, 15) is 19.7 Å². The molecule has 0 aliphatic carbocycles. The maximum atomic E-state index is 13.3. The highest BCUT2D eigenvalue weighted by atomic mass is 16.6. The van der Waals surface area contributed by atoms with Crippen LogP contribution in [-0.4, -0.2) is 27.5 Å². The van der Waals surface area contributed by atoms with Gasteiger partial charge >= 0.3 is 0 Å². The number of nitro groups is 1. The fraction of sp³-hybridized carbons (Fsp3) is 0.0870. The van der Waals surface area contributed by atoms with E-state index in [0.29, 0.717) is 11.0 Å². The van der Waals surface area contributed by atoms with Crippen LogP contribution in [0.2, 0.25) is 0 Å². The Labute approximate surface area is 182 Å². The van der Waals surface area contributed by atoms with E-state index in [1.807, 2.05) is 30.3 Å². The van der Waals surface area contributed by atoms with Crippen LogP contribution in [0.3, 0.4) is 0 Å². The Bertz CT molecular complexity index is 1380. The van der Waals surface area contributed by atoms with Crippen LogP contribution in [-0.2, 0) is 6.54 Å². The number of hydrogen-bond donors (Lipinski definition) is 1. The molecule has 4 rings (SSSR count). The lowest BCUT2D eigenvalue weighted by molar-refractivity contribution is -0.384. The summed E-state index contributed by atoms with van der Waals surface area (Å²) in [6, 6.07) is 18.2. The lowest BCUT2D eigenvalue weighted by Crippen LogP contribution is -2.30. The van der Waals surface area contributed by atoms with E-state index in [1.54, 1.807) is 18.3 Å². The van der Waals surface area contributed by atoms with Crippen LogP contribution in [0.25, 0.3) is 11.0 Å². The van der Waals surface area contributed by atoms with Gasteiger partial charge in [-0.1, -0.05) is 30.3 Å². The highest BCUT2D eigenvalue weighted by molar-refractivity contribution is 6.06. The molecule has 0 radical (unpaired) electrons. The molecule has 0 spiro atoms. The number of aromatic nitrogens is 2. The van der Waals surface area contributed by atoms with Gasteiger partial charge in [0.05, 0.1) is 30.3 Å². The molecule has 0 fully saturated rings. The number of benzene rings is 2. The van der Waals surface area contributed by atoms with Gasteiger partial charge in [0, 0.05) is 17.6 Å². The van der Waals surface area contributed by atoms with Crippen molar-refractivity contribution in [1.82, 2.24) is 9.55 Å². The Morgan fingerprint density at radius 2 is 1.91 bits per heavy atom. The highest BCUT2D eigenvalue weighted by Gasteiger charge is 2.19. The van der Waals surface area contributed by atoms with Crippen molar-refractivity contribution in [2.45, 2.75) is 6.54 Å². The van der Waals surface area contributed by atoms with Gasteiger partial charge in [0.25, 0.3) is 17.2 Å². The molecule has 0 saturated carbocycles. The number of nitrogens with one attached hydrogen (secondary N) is 1. The smallest absolute Gasteiger partial charge is 0.273 e. The van der Waals surface area contributed by atoms with Crippen molar-refractivity contribution in [3.63, 3.8) is 0 Å². The molecule has 2 aromatic carbocycles. The van der Waals surface area contributed by atoms with Crippen molar-refractivity contribution < 1.29 is 14.5 Å². The minimum absolute atomic E-state index is 0.0816. The molecule has 32 heavy (non-hydrogen) atoms. The number of non-ortho nitro benzene ring substituents is 1. The molecule has 0 bridgehead atoms. The van der Waals surface area contributed by atoms with Crippen LogP contribution in [0, 0.1) is 10.1 Å². The molecule has 0 unspecified atom stereocenters. The van der Waals surface area contributed by atoms with Crippen molar-refractivity contribution >= 4 is 28.3 Å². The maximum Gasteiger partial charge on any atom is 0.273 e. The van der Waals surface area contributed by atoms with E-state index < -0.39 is 16.4 Å². The highest BCUT2D eigenvalue weighted by Crippen LogP contribution is 2.29. The maximum absolute atomic E-state index is 13.3. The molecule has 2 aromatic heterocycles. The van der Waals surface area contributed by atoms with Crippen molar-refractivity contribution in [1.29, 1.82) is 0 Å². The summed E-state index contributed by atoms with van der Waals surface area (Å²) in [5.41, 5.74) is 0.799. The topological polar surface area (TPSA) is 116 Å². The Morgan fingerprint density at radius 3 is 2.62 bits per heavy atom. The zero-order valence-corrected chi connectivity index (χ0v) is 17.0. The number of anilines is 1. The Morgan fingerprint density at radius 1 is 1.12 bits per heavy atom. The van der Waals surface area contributed by atoms with Gasteiger partial charge in [-0.3, -0.25) is 24.3 Å². The lowest BCUT2D eigenvalue weighted by atomic mass is 10.1. The summed E-state index contributed by atoms with van der Waals surface area (Å²) in [5, 5.41) is 14.2. The molecule has 2 heterocycles. The summed E-state index contributed by atoms with van der Waals surface area (Å²) in [6.07, 6.45) is 1.59. The van der Waals surface area contributed by atoms with Crippen LogP contribution in [0.1, 0.15) is 15.9 Å². The predicted molar refractivity (Wildman–Crippen MR) is 119 cm³/mol. The number of pyridine rings is 2. The number of hydrogen-bond acceptors (Lipinski definition) is 6. The summed E-state index contributed by atoms with van der Waals surface area (Å²) in [6.45, 7) is 0.245. The summed E-state index contributed by atoms with van der Waals surface area (Å²) in [4.78, 5) is 41.0. The second-order valence-corrected chi connectivity index (χ2v) is 6.95. The molecule has 0 saturated heterocycles. The largest absolute Gasteiger partial charge is 0.494 e. The van der Waals surface area contributed by atoms with Crippen LogP contribution in [0.5, 0.6) is 5.75 Å². The van der Waals surface area contributed by atoms with E-state index >= 15 is 0 Å². The summed E-state index contributed by atoms with van der Waals surface area (Å²) >= 11 is 0. The molecule has 0 aliphatic rings. The SMILES string of the molecule is COc1cc([N+](=O)[O-])ccc1NC(=O)c1cc2cccnc2n(Cc2ccccc2)c1=O. The standard InChI is InChI=1S/C23H18N4O5/c1-32-20-13-17(27(30)31)9-10-19(20)25-22(28)18-12-16-8-5-11-24-21(16)26(23(18)29)14-15-6-3-2-4-7-15/h2-13H,14H2,1H3,(H,25,28). The molecular weight excluding hydrogens is 412 g/mol. The average molecular weight is 430 g/mol. The second kappa shape index (κ2) is 8.68. The van der Waals surface area contributed by atoms with E-state index in [0.717, 1.165) is 5.56 Å². The quantitative estimate of drug-likeness (QED) is 0.369. The number of methoxy groups -OCH3 is 1. The first-order chi connectivity index (χ1) is 15.5. The fourth-order valence-corrected chi connectivity index (χ4v) is 3.37. The molecule has 0 atom stereocenters. The monoisotopic (exact) mass is 430 g/mol. The molecule has 1 amide bonds. The molecule has 0 aliphatic heterocycles. The third-order valence-electron chi connectivity index (χ3n) is 4.92. The molecular formula is C23H18N4O5. The molecule has 9 nitrogen and oxygen atoms in total. The van der Waals surface area contributed by atoms with Crippen molar-refractivity contribution in [2.75, 3.05) is 12.4 Å². The normalized spacial score (nSPS) is 10.7. The number of ether oxygens (including phenoxy) is 1. The van der Waals surface area contributed by atoms with Crippen LogP contribution >= 0.6 is 0 Å². The van der Waals surface area contributed by atoms with Gasteiger partial charge in [-0.25, -0.2) is 4.98 Å². The Kier molecular flexibility index (Phi) is 5.63. The van der Waals surface area contributed by atoms with Gasteiger partial charge in [-0.15, -0.1) is 0 Å². The van der Waals surface area contributed by atoms with Crippen molar-refractivity contribution in [3.05, 3.63) is 105 Å². The zero-order valence-electron chi connectivity index (χ0n) is 17.0. The van der Waals surface area contributed by atoms with Gasteiger partial charge < -0.3 is 10.1 Å². The predicted octanol–water partition coefficient (Wildman–Crippen LogP) is 3.61. The van der Waals surface area contributed by atoms with Gasteiger partial charge in [-0.2, -0.15) is 0 Å². The fourth-order valence-electron chi connectivity index (χ4n) is 3.37. The number of rotatable bonds is 6. The van der Waals surface area contributed by atoms with Gasteiger partial charge in [0.1, 0.15) is 17.0 Å². The van der Waals surface area contributed by atoms with Crippen molar-refractivity contribution in [3.8, 4) is 5.75 Å². The average Bonchev–Trinajstić information content (AvgIpc) is 2.81. The van der Waals surface area contributed by atoms with E-state index in [2.05, 4.69) is 10.3 Å². The minimum Gasteiger partial charge on any atom is -0.494 e. The van der Waals surface area contributed by atoms with Crippen LogP contribution < -0.4 is 15.6 Å². The minimum atomic E-state index is -0.658. The second-order valence-electron chi connectivity index (χ2n) is 6.95. The Hall–Kier alpha value is -4.53. The van der Waals surface area contributed by atoms with Gasteiger partial charge in [0.2, 0.25) is 0 Å². The summed E-state index contributed by atoms with van der Waals surface area (Å²) in [7, 11) is 1.34. The van der Waals surface area contributed by atoms with Crippen molar-refractivity contribution in [2.24, 2.45) is 0 Å². The lowest BCUT2D eigenvalue weighted by Gasteiger charge is -2.13. The number of nitrogens with zero attached hydrogens (tertiary/aromatic N) is 3. The third-order valence-corrected chi connectivity index (χ3v) is 4.92. The first kappa shape index (κ1) is 20.7. The number of carbonyl (C=O) groups is 1. The number of carbonyl (C=O) groups excluding carboxylic acids is 1. The van der Waals surface area contributed by atoms with Gasteiger partial charge in [0.15, 0.2) is 0 Å². The molecule has 1 N–H and O–H groups in total. The Balaban J connectivity index is 1.76. The summed E-state index contributed by atoms with van der Waals surface area (Å²) in [5.74, 6) is -0.547. The number of amides is 1. The van der Waals surface area contributed by atoms with Crippen LogP contribution in [0.15, 0.2) is 77.7 Å². The summed E-state index contributed by atoms with van der Waals surface area (Å²) < 4.78 is 6.61. The van der Waals surface area contributed by atoms with E-state index in [1.165, 1.54) is 35.9 Å². The van der Waals surface area contributed by atoms with E-state index in [-0.39, 0.29) is 29.2 Å². The first-order valence-corrected chi connectivity index (χ1v) is 9.64. The third kappa shape index (κ3) is 4.04.